The number of rotatable bonds is 4. The van der Waals surface area contributed by atoms with Gasteiger partial charge in [0.1, 0.15) is 11.6 Å². The predicted molar refractivity (Wildman–Crippen MR) is 74.3 cm³/mol. The largest absolute Gasteiger partial charge is 0.305 e. The molecule has 100 valence electrons. The molecule has 0 aromatic heterocycles. The number of halogens is 2. The van der Waals surface area contributed by atoms with Crippen LogP contribution < -0.4 is 0 Å². The Hall–Kier alpha value is -1.39. The van der Waals surface area contributed by atoms with E-state index in [1.54, 1.807) is 24.3 Å². The van der Waals surface area contributed by atoms with Gasteiger partial charge in [-0.15, -0.1) is 0 Å². The van der Waals surface area contributed by atoms with Crippen LogP contribution in [0.3, 0.4) is 0 Å². The Kier molecular flexibility index (Phi) is 4.56. The van der Waals surface area contributed by atoms with E-state index in [4.69, 9.17) is 0 Å². The Morgan fingerprint density at radius 1 is 0.947 bits per heavy atom. The Labute approximate surface area is 116 Å². The van der Waals surface area contributed by atoms with Crippen molar-refractivity contribution >= 4 is 11.8 Å². The average molecular weight is 279 g/mol. The lowest BCUT2D eigenvalue weighted by Gasteiger charge is -2.14. The first-order chi connectivity index (χ1) is 9.04. The zero-order valence-electron chi connectivity index (χ0n) is 10.9. The Morgan fingerprint density at radius 3 is 2.21 bits per heavy atom. The molecule has 0 saturated carbocycles. The highest BCUT2D eigenvalue weighted by atomic mass is 32.2. The van der Waals surface area contributed by atoms with Crippen molar-refractivity contribution in [2.24, 2.45) is 0 Å². The first kappa shape index (κ1) is 14.0. The maximum absolute atomic E-state index is 13.3. The number of hydrogen-bond donors (Lipinski definition) is 0. The van der Waals surface area contributed by atoms with Crippen LogP contribution in [-0.4, -0.2) is 19.0 Å². The molecular weight excluding hydrogens is 264 g/mol. The molecule has 4 heteroatoms. The SMILES string of the molecule is CN(C)Cc1cc(F)ccc1Sc1ccc(F)cc1. The third-order valence-corrected chi connectivity index (χ3v) is 3.68. The molecule has 2 rings (SSSR count). The Balaban J connectivity index is 2.26. The molecule has 0 aliphatic carbocycles. The van der Waals surface area contributed by atoms with Crippen LogP contribution in [0.1, 0.15) is 5.56 Å². The van der Waals surface area contributed by atoms with E-state index in [2.05, 4.69) is 0 Å². The van der Waals surface area contributed by atoms with Crippen molar-refractivity contribution in [3.05, 3.63) is 59.7 Å². The molecule has 0 fully saturated rings. The average Bonchev–Trinajstić information content (AvgIpc) is 2.34. The molecule has 0 N–H and O–H groups in total. The molecule has 0 atom stereocenters. The van der Waals surface area contributed by atoms with E-state index in [1.165, 1.54) is 30.0 Å². The lowest BCUT2D eigenvalue weighted by atomic mass is 10.2. The molecule has 0 unspecified atom stereocenters. The quantitative estimate of drug-likeness (QED) is 0.826. The molecule has 0 aliphatic rings. The third kappa shape index (κ3) is 4.04. The Morgan fingerprint density at radius 2 is 1.58 bits per heavy atom. The minimum Gasteiger partial charge on any atom is -0.305 e. The molecule has 0 aliphatic heterocycles. The summed E-state index contributed by atoms with van der Waals surface area (Å²) in [5.41, 5.74) is 0.930. The standard InChI is InChI=1S/C15H15F2NS/c1-18(2)10-11-9-13(17)5-8-15(11)19-14-6-3-12(16)4-7-14/h3-9H,10H2,1-2H3. The van der Waals surface area contributed by atoms with Crippen LogP contribution in [-0.2, 0) is 6.54 Å². The summed E-state index contributed by atoms with van der Waals surface area (Å²) >= 11 is 1.51. The summed E-state index contributed by atoms with van der Waals surface area (Å²) < 4.78 is 26.2. The molecule has 0 radical (unpaired) electrons. The van der Waals surface area contributed by atoms with Crippen LogP contribution in [0.4, 0.5) is 8.78 Å². The topological polar surface area (TPSA) is 3.24 Å². The molecule has 2 aromatic carbocycles. The summed E-state index contributed by atoms with van der Waals surface area (Å²) in [7, 11) is 3.88. The van der Waals surface area contributed by atoms with Gasteiger partial charge >= 0.3 is 0 Å². The van der Waals surface area contributed by atoms with Gasteiger partial charge in [-0.1, -0.05) is 11.8 Å². The summed E-state index contributed by atoms with van der Waals surface area (Å²) in [6.07, 6.45) is 0. The highest BCUT2D eigenvalue weighted by molar-refractivity contribution is 7.99. The van der Waals surface area contributed by atoms with Gasteiger partial charge in [0.05, 0.1) is 0 Å². The van der Waals surface area contributed by atoms with Crippen LogP contribution in [0.15, 0.2) is 52.3 Å². The molecule has 19 heavy (non-hydrogen) atoms. The van der Waals surface area contributed by atoms with Crippen molar-refractivity contribution in [1.29, 1.82) is 0 Å². The van der Waals surface area contributed by atoms with E-state index in [-0.39, 0.29) is 11.6 Å². The van der Waals surface area contributed by atoms with E-state index in [9.17, 15) is 8.78 Å². The van der Waals surface area contributed by atoms with Gasteiger partial charge in [-0.25, -0.2) is 8.78 Å². The number of nitrogens with zero attached hydrogens (tertiary/aromatic N) is 1. The second kappa shape index (κ2) is 6.17. The van der Waals surface area contributed by atoms with Crippen LogP contribution in [0.25, 0.3) is 0 Å². The zero-order chi connectivity index (χ0) is 13.8. The molecule has 1 nitrogen and oxygen atoms in total. The van der Waals surface area contributed by atoms with E-state index < -0.39 is 0 Å². The van der Waals surface area contributed by atoms with Gasteiger partial charge in [0.15, 0.2) is 0 Å². The van der Waals surface area contributed by atoms with Crippen molar-refractivity contribution in [2.45, 2.75) is 16.3 Å². The lowest BCUT2D eigenvalue weighted by molar-refractivity contribution is 0.398. The minimum absolute atomic E-state index is 0.236. The van der Waals surface area contributed by atoms with Crippen LogP contribution in [0.2, 0.25) is 0 Å². The highest BCUT2D eigenvalue weighted by Crippen LogP contribution is 2.31. The zero-order valence-corrected chi connectivity index (χ0v) is 11.7. The smallest absolute Gasteiger partial charge is 0.123 e. The summed E-state index contributed by atoms with van der Waals surface area (Å²) in [6.45, 7) is 0.668. The van der Waals surface area contributed by atoms with Gasteiger partial charge in [-0.3, -0.25) is 0 Å². The van der Waals surface area contributed by atoms with Crippen molar-refractivity contribution in [3.8, 4) is 0 Å². The van der Waals surface area contributed by atoms with Crippen molar-refractivity contribution in [2.75, 3.05) is 14.1 Å². The van der Waals surface area contributed by atoms with E-state index in [0.717, 1.165) is 15.4 Å². The second-order valence-electron chi connectivity index (χ2n) is 4.55. The minimum atomic E-state index is -0.253. The normalized spacial score (nSPS) is 11.0. The number of benzene rings is 2. The molecule has 0 saturated heterocycles. The van der Waals surface area contributed by atoms with E-state index in [0.29, 0.717) is 6.54 Å². The third-order valence-electron chi connectivity index (χ3n) is 2.55. The first-order valence-corrected chi connectivity index (χ1v) is 6.73. The molecular formula is C15H15F2NS. The maximum atomic E-state index is 13.3. The van der Waals surface area contributed by atoms with Crippen molar-refractivity contribution in [1.82, 2.24) is 4.90 Å². The first-order valence-electron chi connectivity index (χ1n) is 5.91. The summed E-state index contributed by atoms with van der Waals surface area (Å²) in [4.78, 5) is 3.92. The van der Waals surface area contributed by atoms with Crippen LogP contribution >= 0.6 is 11.8 Å². The fraction of sp³-hybridized carbons (Fsp3) is 0.200. The summed E-state index contributed by atoms with van der Waals surface area (Å²) in [6, 6.07) is 11.1. The molecule has 0 amide bonds. The van der Waals surface area contributed by atoms with Crippen LogP contribution in [0, 0.1) is 11.6 Å². The van der Waals surface area contributed by atoms with Gasteiger partial charge in [0, 0.05) is 16.3 Å². The van der Waals surface area contributed by atoms with Crippen molar-refractivity contribution < 1.29 is 8.78 Å². The van der Waals surface area contributed by atoms with Gasteiger partial charge in [0.2, 0.25) is 0 Å². The van der Waals surface area contributed by atoms with E-state index in [1.807, 2.05) is 19.0 Å². The lowest BCUT2D eigenvalue weighted by Crippen LogP contribution is -2.11. The predicted octanol–water partition coefficient (Wildman–Crippen LogP) is 4.18. The molecule has 2 aromatic rings. The maximum Gasteiger partial charge on any atom is 0.123 e. The monoisotopic (exact) mass is 279 g/mol. The highest BCUT2D eigenvalue weighted by Gasteiger charge is 2.07. The van der Waals surface area contributed by atoms with Crippen LogP contribution in [0.5, 0.6) is 0 Å². The fourth-order valence-electron chi connectivity index (χ4n) is 1.74. The number of hydrogen-bond acceptors (Lipinski definition) is 2. The van der Waals surface area contributed by atoms with E-state index >= 15 is 0 Å². The summed E-state index contributed by atoms with van der Waals surface area (Å²) in [5.74, 6) is -0.489. The van der Waals surface area contributed by atoms with Crippen molar-refractivity contribution in [3.63, 3.8) is 0 Å². The molecule has 0 bridgehead atoms. The molecule has 0 heterocycles. The second-order valence-corrected chi connectivity index (χ2v) is 5.66. The van der Waals surface area contributed by atoms with Gasteiger partial charge < -0.3 is 4.90 Å². The Bertz CT molecular complexity index is 553. The summed E-state index contributed by atoms with van der Waals surface area (Å²) in [5, 5.41) is 0. The van der Waals surface area contributed by atoms with Gasteiger partial charge in [0.25, 0.3) is 0 Å². The van der Waals surface area contributed by atoms with Gasteiger partial charge in [-0.05, 0) is 62.1 Å². The van der Waals surface area contributed by atoms with Gasteiger partial charge in [-0.2, -0.15) is 0 Å². The fourth-order valence-corrected chi connectivity index (χ4v) is 2.66. The molecule has 0 spiro atoms.